The Hall–Kier alpha value is -1.16. The van der Waals surface area contributed by atoms with Crippen molar-refractivity contribution < 1.29 is 4.74 Å². The Kier molecular flexibility index (Phi) is 6.65. The summed E-state index contributed by atoms with van der Waals surface area (Å²) in [5.74, 6) is 0. The van der Waals surface area contributed by atoms with E-state index in [0.717, 1.165) is 19.6 Å². The van der Waals surface area contributed by atoms with E-state index in [1.165, 1.54) is 11.1 Å². The van der Waals surface area contributed by atoms with Crippen molar-refractivity contribution in [2.75, 3.05) is 33.4 Å². The summed E-state index contributed by atoms with van der Waals surface area (Å²) in [6, 6.07) is 8.43. The van der Waals surface area contributed by atoms with E-state index in [1.54, 1.807) is 7.11 Å². The molecular formula is C15H24N2O. The first-order valence-corrected chi connectivity index (χ1v) is 6.31. The minimum absolute atomic E-state index is 0.0300. The molecule has 0 aliphatic carbocycles. The number of methoxy groups -OCH3 is 1. The van der Waals surface area contributed by atoms with E-state index in [1.807, 2.05) is 6.08 Å². The van der Waals surface area contributed by atoms with Gasteiger partial charge in [0, 0.05) is 32.8 Å². The fourth-order valence-corrected chi connectivity index (χ4v) is 1.86. The molecule has 0 heterocycles. The second-order valence-electron chi connectivity index (χ2n) is 4.56. The van der Waals surface area contributed by atoms with Gasteiger partial charge in [-0.15, -0.1) is 6.58 Å². The summed E-state index contributed by atoms with van der Waals surface area (Å²) >= 11 is 0. The van der Waals surface area contributed by atoms with Gasteiger partial charge in [-0.3, -0.25) is 4.90 Å². The number of nitrogens with zero attached hydrogens (tertiary/aromatic N) is 1. The summed E-state index contributed by atoms with van der Waals surface area (Å²) in [6.45, 7) is 9.11. The minimum atomic E-state index is 0.0300. The van der Waals surface area contributed by atoms with Gasteiger partial charge in [0.15, 0.2) is 0 Å². The highest BCUT2D eigenvalue weighted by Gasteiger charge is 2.11. The molecule has 0 saturated heterocycles. The molecule has 0 saturated carbocycles. The van der Waals surface area contributed by atoms with Gasteiger partial charge in [0.2, 0.25) is 0 Å². The average Bonchev–Trinajstić information content (AvgIpc) is 2.37. The first kappa shape index (κ1) is 14.9. The molecule has 0 aliphatic rings. The number of aryl methyl sites for hydroxylation is 1. The van der Waals surface area contributed by atoms with E-state index in [9.17, 15) is 0 Å². The number of benzene rings is 1. The number of nitrogens with two attached hydrogens (primary N) is 1. The van der Waals surface area contributed by atoms with Gasteiger partial charge in [0.05, 0.1) is 6.61 Å². The van der Waals surface area contributed by atoms with Gasteiger partial charge in [-0.25, -0.2) is 0 Å². The van der Waals surface area contributed by atoms with Gasteiger partial charge in [-0.1, -0.05) is 35.9 Å². The number of rotatable bonds is 8. The lowest BCUT2D eigenvalue weighted by atomic mass is 10.1. The third-order valence-electron chi connectivity index (χ3n) is 2.96. The predicted octanol–water partition coefficient (Wildman–Crippen LogP) is 2.13. The largest absolute Gasteiger partial charge is 0.383 e. The molecule has 0 aromatic heterocycles. The lowest BCUT2D eigenvalue weighted by Crippen LogP contribution is -2.34. The molecule has 1 rings (SSSR count). The molecular weight excluding hydrogens is 224 g/mol. The van der Waals surface area contributed by atoms with Gasteiger partial charge in [0.25, 0.3) is 0 Å². The highest BCUT2D eigenvalue weighted by atomic mass is 16.5. The molecule has 0 radical (unpaired) electrons. The second-order valence-corrected chi connectivity index (χ2v) is 4.56. The maximum atomic E-state index is 6.23. The van der Waals surface area contributed by atoms with Crippen molar-refractivity contribution in [1.82, 2.24) is 4.90 Å². The Morgan fingerprint density at radius 1 is 1.39 bits per heavy atom. The Bertz CT molecular complexity index is 348. The molecule has 0 aliphatic heterocycles. The highest BCUT2D eigenvalue weighted by Crippen LogP contribution is 2.12. The smallest absolute Gasteiger partial charge is 0.0589 e. The Balaban J connectivity index is 2.56. The number of hydrogen-bond acceptors (Lipinski definition) is 3. The molecule has 1 aromatic carbocycles. The van der Waals surface area contributed by atoms with Crippen LogP contribution in [-0.2, 0) is 4.74 Å². The summed E-state index contributed by atoms with van der Waals surface area (Å²) in [6.07, 6.45) is 1.90. The molecule has 0 fully saturated rings. The van der Waals surface area contributed by atoms with E-state index in [-0.39, 0.29) is 6.04 Å². The van der Waals surface area contributed by atoms with Crippen molar-refractivity contribution in [2.24, 2.45) is 5.73 Å². The number of ether oxygens (including phenoxy) is 1. The van der Waals surface area contributed by atoms with Crippen molar-refractivity contribution in [1.29, 1.82) is 0 Å². The molecule has 1 unspecified atom stereocenters. The van der Waals surface area contributed by atoms with Gasteiger partial charge < -0.3 is 10.5 Å². The fraction of sp³-hybridized carbons (Fsp3) is 0.467. The third-order valence-corrected chi connectivity index (χ3v) is 2.96. The van der Waals surface area contributed by atoms with Crippen molar-refractivity contribution in [3.05, 3.63) is 48.0 Å². The third kappa shape index (κ3) is 5.00. The van der Waals surface area contributed by atoms with Crippen LogP contribution in [-0.4, -0.2) is 38.3 Å². The monoisotopic (exact) mass is 248 g/mol. The van der Waals surface area contributed by atoms with Gasteiger partial charge in [0.1, 0.15) is 0 Å². The standard InChI is InChI=1S/C15H24N2O/c1-4-9-17(10-11-18-3)12-15(16)14-7-5-13(2)6-8-14/h4-8,15H,1,9-12,16H2,2-3H3. The fourth-order valence-electron chi connectivity index (χ4n) is 1.86. The van der Waals surface area contributed by atoms with Crippen LogP contribution >= 0.6 is 0 Å². The van der Waals surface area contributed by atoms with Crippen LogP contribution < -0.4 is 5.73 Å². The lowest BCUT2D eigenvalue weighted by Gasteiger charge is -2.24. The van der Waals surface area contributed by atoms with Crippen LogP contribution in [0.2, 0.25) is 0 Å². The summed E-state index contributed by atoms with van der Waals surface area (Å²) in [7, 11) is 1.71. The summed E-state index contributed by atoms with van der Waals surface area (Å²) in [5, 5.41) is 0. The van der Waals surface area contributed by atoms with Crippen LogP contribution in [0.4, 0.5) is 0 Å². The molecule has 1 aromatic rings. The lowest BCUT2D eigenvalue weighted by molar-refractivity contribution is 0.151. The average molecular weight is 248 g/mol. The first-order valence-electron chi connectivity index (χ1n) is 6.31. The van der Waals surface area contributed by atoms with Crippen LogP contribution in [0.1, 0.15) is 17.2 Å². The SMILES string of the molecule is C=CCN(CCOC)CC(N)c1ccc(C)cc1. The summed E-state index contributed by atoms with van der Waals surface area (Å²) in [5.41, 5.74) is 8.66. The van der Waals surface area contributed by atoms with Crippen molar-refractivity contribution in [3.63, 3.8) is 0 Å². The molecule has 100 valence electrons. The molecule has 0 amide bonds. The molecule has 18 heavy (non-hydrogen) atoms. The van der Waals surface area contributed by atoms with Gasteiger partial charge in [-0.05, 0) is 12.5 Å². The number of hydrogen-bond donors (Lipinski definition) is 1. The van der Waals surface area contributed by atoms with Crippen LogP contribution in [0, 0.1) is 6.92 Å². The molecule has 3 heteroatoms. The van der Waals surface area contributed by atoms with E-state index < -0.39 is 0 Å². The quantitative estimate of drug-likeness (QED) is 0.716. The van der Waals surface area contributed by atoms with E-state index >= 15 is 0 Å². The zero-order valence-electron chi connectivity index (χ0n) is 11.4. The minimum Gasteiger partial charge on any atom is -0.383 e. The van der Waals surface area contributed by atoms with E-state index in [0.29, 0.717) is 6.61 Å². The molecule has 0 bridgehead atoms. The molecule has 2 N–H and O–H groups in total. The van der Waals surface area contributed by atoms with Crippen molar-refractivity contribution >= 4 is 0 Å². The Labute approximate surface area is 110 Å². The zero-order chi connectivity index (χ0) is 13.4. The van der Waals surface area contributed by atoms with Crippen LogP contribution in [0.5, 0.6) is 0 Å². The maximum absolute atomic E-state index is 6.23. The molecule has 1 atom stereocenters. The van der Waals surface area contributed by atoms with Gasteiger partial charge in [-0.2, -0.15) is 0 Å². The molecule has 3 nitrogen and oxygen atoms in total. The zero-order valence-corrected chi connectivity index (χ0v) is 11.4. The van der Waals surface area contributed by atoms with E-state index in [2.05, 4.69) is 42.7 Å². The topological polar surface area (TPSA) is 38.5 Å². The van der Waals surface area contributed by atoms with Crippen LogP contribution in [0.3, 0.4) is 0 Å². The normalized spacial score (nSPS) is 12.7. The second kappa shape index (κ2) is 8.03. The first-order chi connectivity index (χ1) is 8.67. The highest BCUT2D eigenvalue weighted by molar-refractivity contribution is 5.24. The Morgan fingerprint density at radius 3 is 2.61 bits per heavy atom. The van der Waals surface area contributed by atoms with E-state index in [4.69, 9.17) is 10.5 Å². The van der Waals surface area contributed by atoms with Crippen molar-refractivity contribution in [3.8, 4) is 0 Å². The van der Waals surface area contributed by atoms with Crippen LogP contribution in [0.15, 0.2) is 36.9 Å². The van der Waals surface area contributed by atoms with Crippen LogP contribution in [0.25, 0.3) is 0 Å². The summed E-state index contributed by atoms with van der Waals surface area (Å²) < 4.78 is 5.10. The van der Waals surface area contributed by atoms with Crippen molar-refractivity contribution in [2.45, 2.75) is 13.0 Å². The predicted molar refractivity (Wildman–Crippen MR) is 76.6 cm³/mol. The summed E-state index contributed by atoms with van der Waals surface area (Å²) in [4.78, 5) is 2.25. The maximum Gasteiger partial charge on any atom is 0.0589 e. The molecule has 0 spiro atoms. The van der Waals surface area contributed by atoms with Gasteiger partial charge >= 0.3 is 0 Å². The Morgan fingerprint density at radius 2 is 2.06 bits per heavy atom.